The Labute approximate surface area is 265 Å². The van der Waals surface area contributed by atoms with Gasteiger partial charge >= 0.3 is 5.97 Å². The molecule has 4 rings (SSSR count). The number of carbonyl (C=O) groups excluding carboxylic acids is 3. The highest BCUT2D eigenvalue weighted by molar-refractivity contribution is 8.00. The van der Waals surface area contributed by atoms with Crippen LogP contribution in [-0.4, -0.2) is 52.8 Å². The first kappa shape index (κ1) is 32.9. The molecule has 13 heteroatoms. The summed E-state index contributed by atoms with van der Waals surface area (Å²) in [5, 5.41) is 5.49. The molecule has 0 unspecified atom stereocenters. The highest BCUT2D eigenvalue weighted by Gasteiger charge is 2.22. The van der Waals surface area contributed by atoms with Crippen LogP contribution >= 0.6 is 11.8 Å². The van der Waals surface area contributed by atoms with Crippen molar-refractivity contribution >= 4 is 56.6 Å². The molecule has 11 nitrogen and oxygen atoms in total. The lowest BCUT2D eigenvalue weighted by atomic mass is 10.2. The van der Waals surface area contributed by atoms with Crippen LogP contribution in [0.25, 0.3) is 0 Å². The van der Waals surface area contributed by atoms with Crippen LogP contribution in [0.1, 0.15) is 27.6 Å². The molecule has 0 saturated carbocycles. The first-order valence-corrected chi connectivity index (χ1v) is 16.1. The van der Waals surface area contributed by atoms with Gasteiger partial charge in [-0.05, 0) is 85.8 Å². The van der Waals surface area contributed by atoms with E-state index in [-0.39, 0.29) is 28.0 Å². The van der Waals surface area contributed by atoms with Crippen molar-refractivity contribution < 1.29 is 37.0 Å². The van der Waals surface area contributed by atoms with Gasteiger partial charge < -0.3 is 24.8 Å². The minimum Gasteiger partial charge on any atom is -0.495 e. The molecule has 0 aliphatic rings. The lowest BCUT2D eigenvalue weighted by Crippen LogP contribution is -2.17. The monoisotopic (exact) mass is 649 g/mol. The van der Waals surface area contributed by atoms with Gasteiger partial charge in [0.15, 0.2) is 0 Å². The summed E-state index contributed by atoms with van der Waals surface area (Å²) in [4.78, 5) is 37.9. The number of rotatable bonds is 13. The topological polar surface area (TPSA) is 149 Å². The zero-order valence-electron chi connectivity index (χ0n) is 24.7. The second-order valence-electron chi connectivity index (χ2n) is 9.28. The Balaban J connectivity index is 1.44. The molecule has 0 radical (unpaired) electrons. The van der Waals surface area contributed by atoms with Crippen molar-refractivity contribution in [3.8, 4) is 11.5 Å². The minimum absolute atomic E-state index is 0.00515. The molecular weight excluding hydrogens is 618 g/mol. The van der Waals surface area contributed by atoms with Crippen LogP contribution in [0.5, 0.6) is 11.5 Å². The maximum atomic E-state index is 13.3. The van der Waals surface area contributed by atoms with Crippen molar-refractivity contribution in [1.82, 2.24) is 0 Å². The maximum absolute atomic E-state index is 13.3. The highest BCUT2D eigenvalue weighted by Crippen LogP contribution is 2.30. The highest BCUT2D eigenvalue weighted by atomic mass is 32.2. The fourth-order valence-corrected chi connectivity index (χ4v) is 6.19. The quantitative estimate of drug-likeness (QED) is 0.123. The normalized spacial score (nSPS) is 10.8. The Hall–Kier alpha value is -5.01. The van der Waals surface area contributed by atoms with Gasteiger partial charge in [-0.25, -0.2) is 13.2 Å². The Morgan fingerprint density at radius 3 is 2.13 bits per heavy atom. The summed E-state index contributed by atoms with van der Waals surface area (Å²) in [5.41, 5.74) is 1.70. The van der Waals surface area contributed by atoms with E-state index in [9.17, 15) is 22.8 Å². The first-order chi connectivity index (χ1) is 21.6. The summed E-state index contributed by atoms with van der Waals surface area (Å²) in [5.74, 6) is -0.588. The third kappa shape index (κ3) is 8.77. The molecule has 234 valence electrons. The number of nitrogens with one attached hydrogen (secondary N) is 3. The molecular formula is C32H31N3O8S2. The molecule has 0 aliphatic heterocycles. The van der Waals surface area contributed by atoms with Crippen molar-refractivity contribution in [2.45, 2.75) is 16.7 Å². The predicted molar refractivity (Wildman–Crippen MR) is 173 cm³/mol. The van der Waals surface area contributed by atoms with Crippen molar-refractivity contribution in [2.24, 2.45) is 0 Å². The Morgan fingerprint density at radius 1 is 0.800 bits per heavy atom. The number of sulfonamides is 1. The van der Waals surface area contributed by atoms with Gasteiger partial charge in [-0.2, -0.15) is 0 Å². The molecule has 4 aromatic carbocycles. The molecule has 45 heavy (non-hydrogen) atoms. The third-order valence-corrected chi connectivity index (χ3v) is 8.68. The standard InChI is InChI=1S/C32H31N3O8S2/c1-4-43-25-16-13-23(14-17-25)35-45(39,40)29-19-24(15-18-27(29)41-2)34-31(37)26-7-5-6-8-28(26)44-20-30(36)33-22-11-9-21(10-12-22)32(38)42-3/h5-19,35H,4,20H2,1-3H3,(H,33,36)(H,34,37). The van der Waals surface area contributed by atoms with E-state index in [1.807, 2.05) is 6.92 Å². The largest absolute Gasteiger partial charge is 0.495 e. The van der Waals surface area contributed by atoms with Crippen molar-refractivity contribution in [2.75, 3.05) is 41.9 Å². The number of benzene rings is 4. The van der Waals surface area contributed by atoms with E-state index in [4.69, 9.17) is 9.47 Å². The minimum atomic E-state index is -4.10. The number of hydrogen-bond acceptors (Lipinski definition) is 9. The van der Waals surface area contributed by atoms with Crippen LogP contribution in [0.4, 0.5) is 17.1 Å². The number of amides is 2. The lowest BCUT2D eigenvalue weighted by Gasteiger charge is -2.15. The van der Waals surface area contributed by atoms with Crippen LogP contribution in [0.3, 0.4) is 0 Å². The second kappa shape index (κ2) is 15.1. The van der Waals surface area contributed by atoms with Crippen LogP contribution in [-0.2, 0) is 19.6 Å². The Bertz CT molecular complexity index is 1780. The molecule has 0 bridgehead atoms. The summed E-state index contributed by atoms with van der Waals surface area (Å²) in [6, 6.07) is 23.8. The molecule has 0 saturated heterocycles. The first-order valence-electron chi connectivity index (χ1n) is 13.6. The molecule has 0 spiro atoms. The zero-order valence-corrected chi connectivity index (χ0v) is 26.3. The van der Waals surface area contributed by atoms with Gasteiger partial charge in [0.05, 0.1) is 37.7 Å². The molecule has 0 aromatic heterocycles. The average Bonchev–Trinajstić information content (AvgIpc) is 3.04. The van der Waals surface area contributed by atoms with Crippen molar-refractivity contribution in [1.29, 1.82) is 0 Å². The molecule has 2 amide bonds. The van der Waals surface area contributed by atoms with Crippen molar-refractivity contribution in [3.63, 3.8) is 0 Å². The number of thioether (sulfide) groups is 1. The fourth-order valence-electron chi connectivity index (χ4n) is 4.09. The zero-order chi connectivity index (χ0) is 32.4. The summed E-state index contributed by atoms with van der Waals surface area (Å²) in [6.07, 6.45) is 0. The molecule has 0 heterocycles. The van der Waals surface area contributed by atoms with E-state index < -0.39 is 21.9 Å². The van der Waals surface area contributed by atoms with Gasteiger partial charge in [-0.15, -0.1) is 11.8 Å². The van der Waals surface area contributed by atoms with Gasteiger partial charge in [0.2, 0.25) is 5.91 Å². The van der Waals surface area contributed by atoms with E-state index in [0.717, 1.165) is 11.8 Å². The third-order valence-electron chi connectivity index (χ3n) is 6.21. The maximum Gasteiger partial charge on any atom is 0.337 e. The number of carbonyl (C=O) groups is 3. The molecule has 3 N–H and O–H groups in total. The summed E-state index contributed by atoms with van der Waals surface area (Å²) >= 11 is 1.16. The molecule has 0 atom stereocenters. The fraction of sp³-hybridized carbons (Fsp3) is 0.156. The lowest BCUT2D eigenvalue weighted by molar-refractivity contribution is -0.113. The predicted octanol–water partition coefficient (Wildman–Crippen LogP) is 5.66. The van der Waals surface area contributed by atoms with Crippen LogP contribution in [0, 0.1) is 0 Å². The average molecular weight is 650 g/mol. The second-order valence-corrected chi connectivity index (χ2v) is 12.0. The van der Waals surface area contributed by atoms with Gasteiger partial charge in [-0.3, -0.25) is 14.3 Å². The summed E-state index contributed by atoms with van der Waals surface area (Å²) in [7, 11) is -1.46. The van der Waals surface area contributed by atoms with E-state index >= 15 is 0 Å². The number of anilines is 3. The number of esters is 1. The summed E-state index contributed by atoms with van der Waals surface area (Å²) in [6.45, 7) is 2.33. The number of hydrogen-bond donors (Lipinski definition) is 3. The SMILES string of the molecule is CCOc1ccc(NS(=O)(=O)c2cc(NC(=O)c3ccccc3SCC(=O)Nc3ccc(C(=O)OC)cc3)ccc2OC)cc1. The molecule has 4 aromatic rings. The Morgan fingerprint density at radius 2 is 1.47 bits per heavy atom. The summed E-state index contributed by atoms with van der Waals surface area (Å²) < 4.78 is 44.5. The van der Waals surface area contributed by atoms with E-state index in [0.29, 0.717) is 39.8 Å². The van der Waals surface area contributed by atoms with Gasteiger partial charge in [0.25, 0.3) is 15.9 Å². The molecule has 0 fully saturated rings. The van der Waals surface area contributed by atoms with Gasteiger partial charge in [-0.1, -0.05) is 12.1 Å². The Kier molecular flexibility index (Phi) is 11.1. The molecule has 0 aliphatic carbocycles. The number of methoxy groups -OCH3 is 2. The van der Waals surface area contributed by atoms with Crippen LogP contribution < -0.4 is 24.8 Å². The van der Waals surface area contributed by atoms with E-state index in [1.165, 1.54) is 32.4 Å². The van der Waals surface area contributed by atoms with Crippen molar-refractivity contribution in [3.05, 3.63) is 102 Å². The number of ether oxygens (including phenoxy) is 3. The van der Waals surface area contributed by atoms with Crippen LogP contribution in [0.15, 0.2) is 101 Å². The van der Waals surface area contributed by atoms with E-state index in [1.54, 1.807) is 72.8 Å². The van der Waals surface area contributed by atoms with Gasteiger partial charge in [0.1, 0.15) is 16.4 Å². The van der Waals surface area contributed by atoms with Gasteiger partial charge in [0, 0.05) is 22.0 Å². The van der Waals surface area contributed by atoms with E-state index in [2.05, 4.69) is 20.1 Å². The smallest absolute Gasteiger partial charge is 0.337 e. The van der Waals surface area contributed by atoms with Crippen LogP contribution in [0.2, 0.25) is 0 Å².